The first-order chi connectivity index (χ1) is 7.69. The van der Waals surface area contributed by atoms with E-state index in [1.165, 1.54) is 38.9 Å². The summed E-state index contributed by atoms with van der Waals surface area (Å²) in [6.45, 7) is 14.1. The normalized spacial score (nSPS) is 21.6. The van der Waals surface area contributed by atoms with Gasteiger partial charge in [0.25, 0.3) is 0 Å². The zero-order valence-electron chi connectivity index (χ0n) is 11.6. The highest BCUT2D eigenvalue weighted by molar-refractivity contribution is 4.80. The van der Waals surface area contributed by atoms with Crippen molar-refractivity contribution in [2.24, 2.45) is 11.8 Å². The van der Waals surface area contributed by atoms with Crippen molar-refractivity contribution >= 4 is 0 Å². The highest BCUT2D eigenvalue weighted by Crippen LogP contribution is 2.25. The van der Waals surface area contributed by atoms with Crippen LogP contribution in [-0.2, 0) is 0 Å². The molecule has 2 heteroatoms. The van der Waals surface area contributed by atoms with Gasteiger partial charge in [-0.1, -0.05) is 27.7 Å². The summed E-state index contributed by atoms with van der Waals surface area (Å²) in [6.07, 6.45) is 4.08. The van der Waals surface area contributed by atoms with Gasteiger partial charge in [-0.05, 0) is 50.7 Å². The highest BCUT2D eigenvalue weighted by atomic mass is 15.2. The predicted octanol–water partition coefficient (Wildman–Crippen LogP) is 2.74. The van der Waals surface area contributed by atoms with Crippen molar-refractivity contribution in [3.63, 3.8) is 0 Å². The molecule has 0 aromatic rings. The van der Waals surface area contributed by atoms with Crippen molar-refractivity contribution in [1.82, 2.24) is 10.2 Å². The third-order valence-electron chi connectivity index (χ3n) is 4.13. The lowest BCUT2D eigenvalue weighted by Crippen LogP contribution is -2.46. The molecule has 2 nitrogen and oxygen atoms in total. The average molecular weight is 226 g/mol. The van der Waals surface area contributed by atoms with E-state index in [-0.39, 0.29) is 0 Å². The summed E-state index contributed by atoms with van der Waals surface area (Å²) in [6, 6.07) is 0.757. The van der Waals surface area contributed by atoms with Gasteiger partial charge in [-0.3, -0.25) is 4.90 Å². The van der Waals surface area contributed by atoms with Crippen LogP contribution in [0.3, 0.4) is 0 Å². The van der Waals surface area contributed by atoms with E-state index in [0.717, 1.165) is 24.4 Å². The molecule has 1 unspecified atom stereocenters. The van der Waals surface area contributed by atoms with E-state index >= 15 is 0 Å². The molecule has 1 aliphatic rings. The van der Waals surface area contributed by atoms with Gasteiger partial charge in [0, 0.05) is 12.6 Å². The number of hydrogen-bond donors (Lipinski definition) is 1. The van der Waals surface area contributed by atoms with E-state index < -0.39 is 0 Å². The maximum Gasteiger partial charge on any atom is 0.0218 e. The van der Waals surface area contributed by atoms with Crippen LogP contribution in [0.15, 0.2) is 0 Å². The fraction of sp³-hybridized carbons (Fsp3) is 1.00. The summed E-state index contributed by atoms with van der Waals surface area (Å²) in [5.74, 6) is 1.84. The minimum Gasteiger partial charge on any atom is -0.315 e. The second-order valence-electron chi connectivity index (χ2n) is 5.49. The van der Waals surface area contributed by atoms with Crippen LogP contribution in [-0.4, -0.2) is 37.1 Å². The van der Waals surface area contributed by atoms with Crippen LogP contribution in [0.5, 0.6) is 0 Å². The van der Waals surface area contributed by atoms with E-state index in [9.17, 15) is 0 Å². The van der Waals surface area contributed by atoms with Crippen LogP contribution >= 0.6 is 0 Å². The molecule has 0 amide bonds. The van der Waals surface area contributed by atoms with Crippen molar-refractivity contribution in [3.05, 3.63) is 0 Å². The van der Waals surface area contributed by atoms with Gasteiger partial charge in [0.15, 0.2) is 0 Å². The molecule has 1 N–H and O–H groups in total. The third-order valence-corrected chi connectivity index (χ3v) is 4.13. The van der Waals surface area contributed by atoms with Crippen LogP contribution in [0.25, 0.3) is 0 Å². The zero-order chi connectivity index (χ0) is 12.0. The van der Waals surface area contributed by atoms with Gasteiger partial charge >= 0.3 is 0 Å². The summed E-state index contributed by atoms with van der Waals surface area (Å²) in [7, 11) is 0. The number of hydrogen-bond acceptors (Lipinski definition) is 2. The van der Waals surface area contributed by atoms with Gasteiger partial charge in [0.2, 0.25) is 0 Å². The fourth-order valence-corrected chi connectivity index (χ4v) is 2.79. The van der Waals surface area contributed by atoms with Crippen molar-refractivity contribution in [1.29, 1.82) is 0 Å². The molecular weight excluding hydrogens is 196 g/mol. The van der Waals surface area contributed by atoms with E-state index in [4.69, 9.17) is 0 Å². The van der Waals surface area contributed by atoms with E-state index in [1.807, 2.05) is 0 Å². The zero-order valence-corrected chi connectivity index (χ0v) is 11.6. The third kappa shape index (κ3) is 4.06. The number of likely N-dealkylation sites (N-methyl/N-ethyl adjacent to an activating group) is 1. The maximum atomic E-state index is 3.49. The maximum absolute atomic E-state index is 3.49. The first-order valence-corrected chi connectivity index (χ1v) is 7.13. The molecule has 0 saturated carbocycles. The van der Waals surface area contributed by atoms with E-state index in [2.05, 4.69) is 37.9 Å². The van der Waals surface area contributed by atoms with Gasteiger partial charge in [-0.2, -0.15) is 0 Å². The fourth-order valence-electron chi connectivity index (χ4n) is 2.79. The van der Waals surface area contributed by atoms with Crippen LogP contribution < -0.4 is 5.32 Å². The average Bonchev–Trinajstić information content (AvgIpc) is 2.30. The Morgan fingerprint density at radius 1 is 1.19 bits per heavy atom. The van der Waals surface area contributed by atoms with Crippen LogP contribution in [0, 0.1) is 11.8 Å². The number of nitrogens with zero attached hydrogens (tertiary/aromatic N) is 1. The van der Waals surface area contributed by atoms with Gasteiger partial charge in [-0.15, -0.1) is 0 Å². The molecule has 0 aromatic carbocycles. The summed E-state index contributed by atoms with van der Waals surface area (Å²) >= 11 is 0. The lowest BCUT2D eigenvalue weighted by atomic mass is 9.86. The second kappa shape index (κ2) is 7.29. The largest absolute Gasteiger partial charge is 0.315 e. The molecule has 1 fully saturated rings. The monoisotopic (exact) mass is 226 g/mol. The SMILES string of the molecule is CCNCC(CC)N1CCC(C(C)C)CC1. The predicted molar refractivity (Wildman–Crippen MR) is 71.8 cm³/mol. The van der Waals surface area contributed by atoms with Crippen molar-refractivity contribution in [2.75, 3.05) is 26.2 Å². The Morgan fingerprint density at radius 3 is 2.25 bits per heavy atom. The molecule has 0 radical (unpaired) electrons. The molecule has 1 rings (SSSR count). The van der Waals surface area contributed by atoms with Gasteiger partial charge in [0.1, 0.15) is 0 Å². The number of nitrogens with one attached hydrogen (secondary N) is 1. The summed E-state index contributed by atoms with van der Waals surface area (Å²) in [4.78, 5) is 2.70. The first-order valence-electron chi connectivity index (χ1n) is 7.13. The van der Waals surface area contributed by atoms with Crippen LogP contribution in [0.1, 0.15) is 47.0 Å². The number of likely N-dealkylation sites (tertiary alicyclic amines) is 1. The number of rotatable bonds is 6. The van der Waals surface area contributed by atoms with Crippen molar-refractivity contribution < 1.29 is 0 Å². The molecule has 1 saturated heterocycles. The lowest BCUT2D eigenvalue weighted by molar-refractivity contribution is 0.111. The molecule has 1 aliphatic heterocycles. The Labute approximate surface area is 102 Å². The Hall–Kier alpha value is -0.0800. The van der Waals surface area contributed by atoms with Gasteiger partial charge in [-0.25, -0.2) is 0 Å². The lowest BCUT2D eigenvalue weighted by Gasteiger charge is -2.38. The Kier molecular flexibility index (Phi) is 6.37. The quantitative estimate of drug-likeness (QED) is 0.749. The molecule has 0 aliphatic carbocycles. The smallest absolute Gasteiger partial charge is 0.0218 e. The molecule has 16 heavy (non-hydrogen) atoms. The Morgan fingerprint density at radius 2 is 1.81 bits per heavy atom. The minimum atomic E-state index is 0.757. The molecule has 1 atom stereocenters. The molecule has 0 aromatic heterocycles. The van der Waals surface area contributed by atoms with Crippen LogP contribution in [0.2, 0.25) is 0 Å². The molecule has 1 heterocycles. The molecule has 0 spiro atoms. The Balaban J connectivity index is 2.32. The Bertz CT molecular complexity index is 172. The number of piperidine rings is 1. The summed E-state index contributed by atoms with van der Waals surface area (Å²) in [5.41, 5.74) is 0. The van der Waals surface area contributed by atoms with E-state index in [1.54, 1.807) is 0 Å². The summed E-state index contributed by atoms with van der Waals surface area (Å²) in [5, 5.41) is 3.49. The molecular formula is C14H30N2. The van der Waals surface area contributed by atoms with Crippen molar-refractivity contribution in [3.8, 4) is 0 Å². The van der Waals surface area contributed by atoms with Gasteiger partial charge in [0.05, 0.1) is 0 Å². The van der Waals surface area contributed by atoms with Crippen LogP contribution in [0.4, 0.5) is 0 Å². The topological polar surface area (TPSA) is 15.3 Å². The molecule has 0 bridgehead atoms. The first kappa shape index (κ1) is 14.0. The van der Waals surface area contributed by atoms with Gasteiger partial charge < -0.3 is 5.32 Å². The van der Waals surface area contributed by atoms with Crippen molar-refractivity contribution in [2.45, 2.75) is 53.0 Å². The highest BCUT2D eigenvalue weighted by Gasteiger charge is 2.25. The summed E-state index contributed by atoms with van der Waals surface area (Å²) < 4.78 is 0. The second-order valence-corrected chi connectivity index (χ2v) is 5.49. The molecule has 96 valence electrons. The minimum absolute atomic E-state index is 0.757. The van der Waals surface area contributed by atoms with E-state index in [0.29, 0.717) is 0 Å². The standard InChI is InChI=1S/C14H30N2/c1-5-14(11-15-6-2)16-9-7-13(8-10-16)12(3)4/h12-15H,5-11H2,1-4H3.